The molecule has 0 aliphatic heterocycles. The van der Waals surface area contributed by atoms with Gasteiger partial charge < -0.3 is 5.32 Å². The third-order valence-corrected chi connectivity index (χ3v) is 4.10. The highest BCUT2D eigenvalue weighted by Crippen LogP contribution is 2.21. The van der Waals surface area contributed by atoms with E-state index in [2.05, 4.69) is 70.0 Å². The average molecular weight is 290 g/mol. The van der Waals surface area contributed by atoms with E-state index in [0.717, 1.165) is 13.1 Å². The first-order valence-electron chi connectivity index (χ1n) is 8.54. The molecule has 1 rings (SSSR count). The number of aryl methyl sites for hydroxylation is 2. The first-order valence-corrected chi connectivity index (χ1v) is 8.54. The molecule has 1 unspecified atom stereocenters. The van der Waals surface area contributed by atoms with Crippen LogP contribution in [0, 0.1) is 13.8 Å². The highest BCUT2D eigenvalue weighted by Gasteiger charge is 2.18. The lowest BCUT2D eigenvalue weighted by Crippen LogP contribution is -2.40. The van der Waals surface area contributed by atoms with E-state index in [-0.39, 0.29) is 0 Å². The zero-order valence-electron chi connectivity index (χ0n) is 14.9. The van der Waals surface area contributed by atoms with Crippen molar-refractivity contribution in [2.24, 2.45) is 0 Å². The van der Waals surface area contributed by atoms with Crippen LogP contribution in [0.25, 0.3) is 0 Å². The Morgan fingerprint density at radius 3 is 2.33 bits per heavy atom. The van der Waals surface area contributed by atoms with Crippen molar-refractivity contribution in [3.8, 4) is 0 Å². The predicted octanol–water partition coefficient (Wildman–Crippen LogP) is 4.46. The summed E-state index contributed by atoms with van der Waals surface area (Å²) < 4.78 is 0. The SMILES string of the molecule is CCCNC(CN(CCC)C(C)C)c1ccc(C)cc1C. The Hall–Kier alpha value is -0.860. The van der Waals surface area contributed by atoms with Crippen LogP contribution in [-0.4, -0.2) is 30.6 Å². The normalized spacial score (nSPS) is 13.1. The van der Waals surface area contributed by atoms with Crippen LogP contribution in [0.4, 0.5) is 0 Å². The Morgan fingerprint density at radius 1 is 1.10 bits per heavy atom. The molecule has 1 aromatic rings. The fourth-order valence-corrected chi connectivity index (χ4v) is 2.89. The summed E-state index contributed by atoms with van der Waals surface area (Å²) in [4.78, 5) is 2.59. The first-order chi connectivity index (χ1) is 9.99. The van der Waals surface area contributed by atoms with Crippen molar-refractivity contribution >= 4 is 0 Å². The molecule has 1 aromatic carbocycles. The van der Waals surface area contributed by atoms with Gasteiger partial charge in [0.05, 0.1) is 0 Å². The Balaban J connectivity index is 2.93. The molecule has 0 saturated heterocycles. The second-order valence-electron chi connectivity index (χ2n) is 6.46. The van der Waals surface area contributed by atoms with Crippen LogP contribution in [0.5, 0.6) is 0 Å². The number of nitrogens with one attached hydrogen (secondary N) is 1. The van der Waals surface area contributed by atoms with E-state index in [9.17, 15) is 0 Å². The average Bonchev–Trinajstić information content (AvgIpc) is 2.42. The molecule has 1 N–H and O–H groups in total. The van der Waals surface area contributed by atoms with Gasteiger partial charge in [-0.25, -0.2) is 0 Å². The lowest BCUT2D eigenvalue weighted by Gasteiger charge is -2.32. The molecule has 120 valence electrons. The van der Waals surface area contributed by atoms with Gasteiger partial charge in [0.2, 0.25) is 0 Å². The van der Waals surface area contributed by atoms with Crippen LogP contribution >= 0.6 is 0 Å². The van der Waals surface area contributed by atoms with E-state index >= 15 is 0 Å². The van der Waals surface area contributed by atoms with Crippen molar-refractivity contribution in [2.45, 2.75) is 66.5 Å². The highest BCUT2D eigenvalue weighted by molar-refractivity contribution is 5.33. The summed E-state index contributed by atoms with van der Waals surface area (Å²) in [5.41, 5.74) is 4.21. The maximum absolute atomic E-state index is 3.75. The van der Waals surface area contributed by atoms with Gasteiger partial charge in [0.15, 0.2) is 0 Å². The third-order valence-electron chi connectivity index (χ3n) is 4.10. The van der Waals surface area contributed by atoms with Crippen molar-refractivity contribution in [3.05, 3.63) is 34.9 Å². The quantitative estimate of drug-likeness (QED) is 0.722. The number of nitrogens with zero attached hydrogens (tertiary/aromatic N) is 1. The maximum Gasteiger partial charge on any atom is 0.0452 e. The van der Waals surface area contributed by atoms with Crippen LogP contribution in [-0.2, 0) is 0 Å². The van der Waals surface area contributed by atoms with Gasteiger partial charge in [-0.2, -0.15) is 0 Å². The minimum atomic E-state index is 0.430. The molecule has 0 saturated carbocycles. The Morgan fingerprint density at radius 2 is 1.81 bits per heavy atom. The van der Waals surface area contributed by atoms with Crippen molar-refractivity contribution in [1.82, 2.24) is 10.2 Å². The number of benzene rings is 1. The summed E-state index contributed by atoms with van der Waals surface area (Å²) in [5.74, 6) is 0. The number of rotatable bonds is 9. The minimum absolute atomic E-state index is 0.430. The zero-order valence-corrected chi connectivity index (χ0v) is 14.9. The topological polar surface area (TPSA) is 15.3 Å². The highest BCUT2D eigenvalue weighted by atomic mass is 15.2. The van der Waals surface area contributed by atoms with Gasteiger partial charge >= 0.3 is 0 Å². The monoisotopic (exact) mass is 290 g/mol. The van der Waals surface area contributed by atoms with Gasteiger partial charge in [0.25, 0.3) is 0 Å². The lowest BCUT2D eigenvalue weighted by molar-refractivity contribution is 0.197. The predicted molar refractivity (Wildman–Crippen MR) is 94.0 cm³/mol. The van der Waals surface area contributed by atoms with E-state index in [1.54, 1.807) is 0 Å². The molecule has 0 bridgehead atoms. The molecule has 0 fully saturated rings. The Bertz CT molecular complexity index is 412. The van der Waals surface area contributed by atoms with Gasteiger partial charge in [0, 0.05) is 18.6 Å². The molecule has 0 aliphatic carbocycles. The molecule has 1 atom stereocenters. The summed E-state index contributed by atoms with van der Waals surface area (Å²) >= 11 is 0. The molecular formula is C19H34N2. The van der Waals surface area contributed by atoms with E-state index in [1.807, 2.05) is 0 Å². The molecular weight excluding hydrogens is 256 g/mol. The summed E-state index contributed by atoms with van der Waals surface area (Å²) in [6.45, 7) is 16.9. The van der Waals surface area contributed by atoms with Gasteiger partial charge in [-0.05, 0) is 64.8 Å². The number of hydrogen-bond donors (Lipinski definition) is 1. The summed E-state index contributed by atoms with van der Waals surface area (Å²) in [6.07, 6.45) is 2.39. The zero-order chi connectivity index (χ0) is 15.8. The Kier molecular flexibility index (Phi) is 7.98. The fraction of sp³-hybridized carbons (Fsp3) is 0.684. The number of hydrogen-bond acceptors (Lipinski definition) is 2. The van der Waals surface area contributed by atoms with Crippen LogP contribution in [0.15, 0.2) is 18.2 Å². The second-order valence-corrected chi connectivity index (χ2v) is 6.46. The van der Waals surface area contributed by atoms with E-state index < -0.39 is 0 Å². The Labute approximate surface area is 131 Å². The molecule has 2 nitrogen and oxygen atoms in total. The second kappa shape index (κ2) is 9.22. The summed E-state index contributed by atoms with van der Waals surface area (Å²) in [7, 11) is 0. The standard InChI is InChI=1S/C19H34N2/c1-7-11-20-19(14-21(12-8-2)15(3)4)18-10-9-16(5)13-17(18)6/h9-10,13,15,19-20H,7-8,11-12,14H2,1-6H3. The van der Waals surface area contributed by atoms with Crippen LogP contribution in [0.1, 0.15) is 63.3 Å². The van der Waals surface area contributed by atoms with Gasteiger partial charge in [-0.3, -0.25) is 4.90 Å². The molecule has 21 heavy (non-hydrogen) atoms. The van der Waals surface area contributed by atoms with Crippen LogP contribution < -0.4 is 5.32 Å². The molecule has 0 aromatic heterocycles. The molecule has 0 amide bonds. The first kappa shape index (κ1) is 18.2. The van der Waals surface area contributed by atoms with Crippen molar-refractivity contribution in [3.63, 3.8) is 0 Å². The van der Waals surface area contributed by atoms with Gasteiger partial charge in [-0.1, -0.05) is 37.6 Å². The van der Waals surface area contributed by atoms with Gasteiger partial charge in [-0.15, -0.1) is 0 Å². The lowest BCUT2D eigenvalue weighted by atomic mass is 9.98. The van der Waals surface area contributed by atoms with Crippen molar-refractivity contribution in [2.75, 3.05) is 19.6 Å². The van der Waals surface area contributed by atoms with Crippen molar-refractivity contribution < 1.29 is 0 Å². The van der Waals surface area contributed by atoms with E-state index in [1.165, 1.54) is 36.1 Å². The summed E-state index contributed by atoms with van der Waals surface area (Å²) in [5, 5.41) is 3.75. The maximum atomic E-state index is 3.75. The smallest absolute Gasteiger partial charge is 0.0452 e. The fourth-order valence-electron chi connectivity index (χ4n) is 2.89. The summed E-state index contributed by atoms with van der Waals surface area (Å²) in [6, 6.07) is 7.88. The molecule has 2 heteroatoms. The van der Waals surface area contributed by atoms with Crippen molar-refractivity contribution in [1.29, 1.82) is 0 Å². The third kappa shape index (κ3) is 5.80. The largest absolute Gasteiger partial charge is 0.309 e. The van der Waals surface area contributed by atoms with Crippen LogP contribution in [0.3, 0.4) is 0 Å². The van der Waals surface area contributed by atoms with Crippen LogP contribution in [0.2, 0.25) is 0 Å². The molecule has 0 spiro atoms. The molecule has 0 aliphatic rings. The van der Waals surface area contributed by atoms with E-state index in [4.69, 9.17) is 0 Å². The minimum Gasteiger partial charge on any atom is -0.309 e. The van der Waals surface area contributed by atoms with E-state index in [0.29, 0.717) is 12.1 Å². The molecule has 0 heterocycles. The van der Waals surface area contributed by atoms with Gasteiger partial charge in [0.1, 0.15) is 0 Å². The molecule has 0 radical (unpaired) electrons.